The molecule has 1 aromatic heterocycles. The van der Waals surface area contributed by atoms with E-state index in [2.05, 4.69) is 41.6 Å². The number of aromatic nitrogens is 1. The second-order valence-corrected chi connectivity index (χ2v) is 6.17. The van der Waals surface area contributed by atoms with Crippen LogP contribution in [0.25, 0.3) is 0 Å². The standard InChI is InChI=1S/C19H23N3O2/c1-13-5-3-6-14(2)18(13)22-15-8-9-17(20-11-15)19(23)21-12-16-7-4-10-24-16/h3,5-6,8-9,11,16,22H,4,7,10,12H2,1-2H3,(H,21,23). The molecule has 0 spiro atoms. The minimum atomic E-state index is -0.163. The highest BCUT2D eigenvalue weighted by Crippen LogP contribution is 2.23. The number of hydrogen-bond donors (Lipinski definition) is 2. The zero-order chi connectivity index (χ0) is 16.9. The monoisotopic (exact) mass is 325 g/mol. The van der Waals surface area contributed by atoms with Crippen molar-refractivity contribution in [2.24, 2.45) is 0 Å². The van der Waals surface area contributed by atoms with Crippen LogP contribution in [0.5, 0.6) is 0 Å². The second-order valence-electron chi connectivity index (χ2n) is 6.17. The Morgan fingerprint density at radius 2 is 2.04 bits per heavy atom. The number of aryl methyl sites for hydroxylation is 2. The van der Waals surface area contributed by atoms with E-state index in [0.717, 1.165) is 30.8 Å². The van der Waals surface area contributed by atoms with E-state index in [1.807, 2.05) is 12.1 Å². The number of carbonyl (C=O) groups is 1. The van der Waals surface area contributed by atoms with Gasteiger partial charge in [-0.05, 0) is 49.9 Å². The first-order chi connectivity index (χ1) is 11.6. The molecule has 1 atom stereocenters. The van der Waals surface area contributed by atoms with Crippen molar-refractivity contribution in [1.82, 2.24) is 10.3 Å². The summed E-state index contributed by atoms with van der Waals surface area (Å²) in [7, 11) is 0. The summed E-state index contributed by atoms with van der Waals surface area (Å²) in [5.41, 5.74) is 4.71. The summed E-state index contributed by atoms with van der Waals surface area (Å²) < 4.78 is 5.50. The molecular weight excluding hydrogens is 302 g/mol. The van der Waals surface area contributed by atoms with Crippen molar-refractivity contribution in [3.05, 3.63) is 53.3 Å². The number of para-hydroxylation sites is 1. The third-order valence-electron chi connectivity index (χ3n) is 4.26. The van der Waals surface area contributed by atoms with Gasteiger partial charge in [0.05, 0.1) is 18.0 Å². The predicted molar refractivity (Wildman–Crippen MR) is 94.7 cm³/mol. The van der Waals surface area contributed by atoms with E-state index in [1.54, 1.807) is 12.3 Å². The smallest absolute Gasteiger partial charge is 0.269 e. The summed E-state index contributed by atoms with van der Waals surface area (Å²) in [5, 5.41) is 6.25. The molecule has 24 heavy (non-hydrogen) atoms. The second kappa shape index (κ2) is 7.45. The molecule has 1 aromatic carbocycles. The maximum Gasteiger partial charge on any atom is 0.269 e. The van der Waals surface area contributed by atoms with E-state index in [9.17, 15) is 4.79 Å². The van der Waals surface area contributed by atoms with Gasteiger partial charge in [0.2, 0.25) is 0 Å². The third kappa shape index (κ3) is 3.92. The molecule has 1 aliphatic rings. The van der Waals surface area contributed by atoms with Gasteiger partial charge in [0.25, 0.3) is 5.91 Å². The lowest BCUT2D eigenvalue weighted by Crippen LogP contribution is -2.32. The van der Waals surface area contributed by atoms with Crippen LogP contribution in [0.1, 0.15) is 34.5 Å². The molecule has 0 radical (unpaired) electrons. The van der Waals surface area contributed by atoms with E-state index in [4.69, 9.17) is 4.74 Å². The Morgan fingerprint density at radius 3 is 2.67 bits per heavy atom. The highest BCUT2D eigenvalue weighted by molar-refractivity contribution is 5.92. The normalized spacial score (nSPS) is 16.8. The highest BCUT2D eigenvalue weighted by Gasteiger charge is 2.17. The summed E-state index contributed by atoms with van der Waals surface area (Å²) in [6, 6.07) is 9.78. The third-order valence-corrected chi connectivity index (χ3v) is 4.26. The van der Waals surface area contributed by atoms with Crippen LogP contribution in [0, 0.1) is 13.8 Å². The van der Waals surface area contributed by atoms with E-state index in [-0.39, 0.29) is 12.0 Å². The van der Waals surface area contributed by atoms with Gasteiger partial charge in [-0.2, -0.15) is 0 Å². The molecule has 0 aliphatic carbocycles. The topological polar surface area (TPSA) is 63.2 Å². The molecule has 126 valence electrons. The van der Waals surface area contributed by atoms with Crippen LogP contribution in [0.2, 0.25) is 0 Å². The van der Waals surface area contributed by atoms with Crippen LogP contribution in [-0.2, 0) is 4.74 Å². The van der Waals surface area contributed by atoms with E-state index >= 15 is 0 Å². The van der Waals surface area contributed by atoms with Crippen LogP contribution in [0.15, 0.2) is 36.5 Å². The molecule has 2 N–H and O–H groups in total. The molecule has 1 aliphatic heterocycles. The molecule has 2 heterocycles. The average Bonchev–Trinajstić information content (AvgIpc) is 3.10. The summed E-state index contributed by atoms with van der Waals surface area (Å²) in [4.78, 5) is 16.4. The Balaban J connectivity index is 1.61. The highest BCUT2D eigenvalue weighted by atomic mass is 16.5. The maximum atomic E-state index is 12.1. The number of pyridine rings is 1. The molecule has 0 bridgehead atoms. The van der Waals surface area contributed by atoms with Crippen molar-refractivity contribution in [3.8, 4) is 0 Å². The van der Waals surface area contributed by atoms with Gasteiger partial charge in [0, 0.05) is 18.8 Å². The first kappa shape index (κ1) is 16.5. The summed E-state index contributed by atoms with van der Waals surface area (Å²) in [5.74, 6) is -0.163. The Kier molecular flexibility index (Phi) is 5.11. The van der Waals surface area contributed by atoms with E-state index in [1.165, 1.54) is 11.1 Å². The molecule has 3 rings (SSSR count). The van der Waals surface area contributed by atoms with Crippen LogP contribution in [0.3, 0.4) is 0 Å². The number of carbonyl (C=O) groups excluding carboxylic acids is 1. The molecule has 1 amide bonds. The predicted octanol–water partition coefficient (Wildman–Crippen LogP) is 3.35. The zero-order valence-corrected chi connectivity index (χ0v) is 14.1. The summed E-state index contributed by atoms with van der Waals surface area (Å²) in [6.45, 7) is 5.46. The van der Waals surface area contributed by atoms with Crippen LogP contribution in [0.4, 0.5) is 11.4 Å². The maximum absolute atomic E-state index is 12.1. The Bertz CT molecular complexity index is 687. The van der Waals surface area contributed by atoms with Crippen LogP contribution in [-0.4, -0.2) is 30.1 Å². The summed E-state index contributed by atoms with van der Waals surface area (Å²) >= 11 is 0. The lowest BCUT2D eigenvalue weighted by atomic mass is 10.1. The van der Waals surface area contributed by atoms with Gasteiger partial charge in [-0.25, -0.2) is 4.98 Å². The first-order valence-electron chi connectivity index (χ1n) is 8.32. The first-order valence-corrected chi connectivity index (χ1v) is 8.32. The lowest BCUT2D eigenvalue weighted by Gasteiger charge is -2.13. The summed E-state index contributed by atoms with van der Waals surface area (Å²) in [6.07, 6.45) is 3.90. The van der Waals surface area contributed by atoms with E-state index < -0.39 is 0 Å². The largest absolute Gasteiger partial charge is 0.376 e. The molecular formula is C19H23N3O2. The van der Waals surface area contributed by atoms with Gasteiger partial charge in [-0.3, -0.25) is 4.79 Å². The molecule has 0 saturated carbocycles. The number of amides is 1. The van der Waals surface area contributed by atoms with Crippen LogP contribution < -0.4 is 10.6 Å². The molecule has 1 fully saturated rings. The van der Waals surface area contributed by atoms with Crippen molar-refractivity contribution in [1.29, 1.82) is 0 Å². The van der Waals surface area contributed by atoms with Gasteiger partial charge in [0.15, 0.2) is 0 Å². The number of anilines is 2. The fourth-order valence-corrected chi connectivity index (χ4v) is 2.86. The molecule has 1 unspecified atom stereocenters. The number of hydrogen-bond acceptors (Lipinski definition) is 4. The lowest BCUT2D eigenvalue weighted by molar-refractivity contribution is 0.0854. The minimum Gasteiger partial charge on any atom is -0.376 e. The number of ether oxygens (including phenoxy) is 1. The van der Waals surface area contributed by atoms with Gasteiger partial charge in [0.1, 0.15) is 5.69 Å². The van der Waals surface area contributed by atoms with Crippen molar-refractivity contribution in [3.63, 3.8) is 0 Å². The number of nitrogens with one attached hydrogen (secondary N) is 2. The van der Waals surface area contributed by atoms with Crippen molar-refractivity contribution >= 4 is 17.3 Å². The van der Waals surface area contributed by atoms with Gasteiger partial charge in [-0.15, -0.1) is 0 Å². The van der Waals surface area contributed by atoms with Crippen LogP contribution >= 0.6 is 0 Å². The Morgan fingerprint density at radius 1 is 1.25 bits per heavy atom. The van der Waals surface area contributed by atoms with Gasteiger partial charge >= 0.3 is 0 Å². The number of nitrogens with zero attached hydrogens (tertiary/aromatic N) is 1. The Labute approximate surface area is 142 Å². The van der Waals surface area contributed by atoms with Crippen molar-refractivity contribution in [2.45, 2.75) is 32.8 Å². The number of rotatable bonds is 5. The molecule has 5 nitrogen and oxygen atoms in total. The van der Waals surface area contributed by atoms with Crippen molar-refractivity contribution < 1.29 is 9.53 Å². The fraction of sp³-hybridized carbons (Fsp3) is 0.368. The zero-order valence-electron chi connectivity index (χ0n) is 14.1. The average molecular weight is 325 g/mol. The van der Waals surface area contributed by atoms with E-state index in [0.29, 0.717) is 12.2 Å². The van der Waals surface area contributed by atoms with Gasteiger partial charge < -0.3 is 15.4 Å². The van der Waals surface area contributed by atoms with Crippen molar-refractivity contribution in [2.75, 3.05) is 18.5 Å². The Hall–Kier alpha value is -2.40. The molecule has 2 aromatic rings. The fourth-order valence-electron chi connectivity index (χ4n) is 2.86. The number of benzene rings is 1. The molecule has 1 saturated heterocycles. The SMILES string of the molecule is Cc1cccc(C)c1Nc1ccc(C(=O)NCC2CCCO2)nc1. The van der Waals surface area contributed by atoms with Gasteiger partial charge in [-0.1, -0.05) is 18.2 Å². The quantitative estimate of drug-likeness (QED) is 0.885. The minimum absolute atomic E-state index is 0.138. The molecule has 5 heteroatoms.